The summed E-state index contributed by atoms with van der Waals surface area (Å²) in [5, 5.41) is 2.81. The maximum atomic E-state index is 11.6. The van der Waals surface area contributed by atoms with Crippen LogP contribution < -0.4 is 21.5 Å². The lowest BCUT2D eigenvalue weighted by Crippen LogP contribution is -2.36. The molecule has 4 N–H and O–H groups in total. The zero-order valence-corrected chi connectivity index (χ0v) is 11.0. The quantitative estimate of drug-likeness (QED) is 0.488. The number of rotatable bonds is 6. The number of nitrogen functional groups attached to an aromatic ring is 1. The summed E-state index contributed by atoms with van der Waals surface area (Å²) < 4.78 is 0. The van der Waals surface area contributed by atoms with E-state index in [4.69, 9.17) is 5.84 Å². The summed E-state index contributed by atoms with van der Waals surface area (Å²) in [7, 11) is 1.80. The lowest BCUT2D eigenvalue weighted by atomic mass is 10.4. The number of nitrogens with two attached hydrogens (primary N) is 1. The van der Waals surface area contributed by atoms with E-state index in [-0.39, 0.29) is 12.5 Å². The van der Waals surface area contributed by atoms with E-state index in [0.29, 0.717) is 24.0 Å². The van der Waals surface area contributed by atoms with Crippen LogP contribution in [0, 0.1) is 6.92 Å². The van der Waals surface area contributed by atoms with Crippen molar-refractivity contribution in [2.75, 3.05) is 30.5 Å². The summed E-state index contributed by atoms with van der Waals surface area (Å²) >= 11 is 0. The lowest BCUT2D eigenvalue weighted by molar-refractivity contribution is -0.119. The van der Waals surface area contributed by atoms with Crippen LogP contribution in [0.2, 0.25) is 0 Å². The van der Waals surface area contributed by atoms with Gasteiger partial charge in [0, 0.05) is 19.7 Å². The lowest BCUT2D eigenvalue weighted by Gasteiger charge is -2.18. The number of nitrogens with one attached hydrogen (secondary N) is 2. The SMILES string of the molecule is CCCNC(=O)CN(C)c1cc(NN)nc(C)n1. The van der Waals surface area contributed by atoms with Crippen LogP contribution in [0.25, 0.3) is 0 Å². The largest absolute Gasteiger partial charge is 0.355 e. The number of amides is 1. The van der Waals surface area contributed by atoms with Crippen molar-refractivity contribution in [2.24, 2.45) is 5.84 Å². The predicted molar refractivity (Wildman–Crippen MR) is 71.1 cm³/mol. The molecular weight excluding hydrogens is 232 g/mol. The first-order chi connectivity index (χ1) is 8.56. The first kappa shape index (κ1) is 14.2. The summed E-state index contributed by atoms with van der Waals surface area (Å²) in [5.41, 5.74) is 2.47. The van der Waals surface area contributed by atoms with Crippen molar-refractivity contribution < 1.29 is 4.79 Å². The van der Waals surface area contributed by atoms with E-state index >= 15 is 0 Å². The molecule has 100 valence electrons. The second-order valence-electron chi connectivity index (χ2n) is 4.01. The molecule has 0 unspecified atom stereocenters. The normalized spacial score (nSPS) is 10.0. The zero-order chi connectivity index (χ0) is 13.5. The van der Waals surface area contributed by atoms with Gasteiger partial charge in [0.1, 0.15) is 17.5 Å². The Balaban J connectivity index is 2.68. The van der Waals surface area contributed by atoms with E-state index in [2.05, 4.69) is 20.7 Å². The van der Waals surface area contributed by atoms with E-state index in [9.17, 15) is 4.79 Å². The molecule has 0 aliphatic carbocycles. The van der Waals surface area contributed by atoms with Gasteiger partial charge in [-0.15, -0.1) is 0 Å². The van der Waals surface area contributed by atoms with Crippen molar-refractivity contribution in [3.05, 3.63) is 11.9 Å². The average molecular weight is 252 g/mol. The Morgan fingerprint density at radius 1 is 1.50 bits per heavy atom. The Kier molecular flexibility index (Phi) is 5.31. The molecule has 1 rings (SSSR count). The first-order valence-corrected chi connectivity index (χ1v) is 5.87. The van der Waals surface area contributed by atoms with Crippen molar-refractivity contribution >= 4 is 17.5 Å². The summed E-state index contributed by atoms with van der Waals surface area (Å²) in [6.45, 7) is 4.72. The number of aromatic nitrogens is 2. The smallest absolute Gasteiger partial charge is 0.239 e. The molecule has 1 amide bonds. The topological polar surface area (TPSA) is 96.2 Å². The van der Waals surface area contributed by atoms with Gasteiger partial charge in [0.05, 0.1) is 6.54 Å². The third kappa shape index (κ3) is 4.17. The second kappa shape index (κ2) is 6.75. The summed E-state index contributed by atoms with van der Waals surface area (Å²) in [6, 6.07) is 1.69. The molecule has 0 radical (unpaired) electrons. The van der Waals surface area contributed by atoms with Gasteiger partial charge in [-0.2, -0.15) is 0 Å². The third-order valence-corrected chi connectivity index (χ3v) is 2.32. The minimum atomic E-state index is -0.0297. The fourth-order valence-electron chi connectivity index (χ4n) is 1.44. The van der Waals surface area contributed by atoms with Gasteiger partial charge in [-0.05, 0) is 13.3 Å². The van der Waals surface area contributed by atoms with Gasteiger partial charge < -0.3 is 15.6 Å². The van der Waals surface area contributed by atoms with Crippen LogP contribution in [0.5, 0.6) is 0 Å². The van der Waals surface area contributed by atoms with Crippen molar-refractivity contribution in [3.8, 4) is 0 Å². The molecule has 0 fully saturated rings. The highest BCUT2D eigenvalue weighted by atomic mass is 16.2. The van der Waals surface area contributed by atoms with Crippen LogP contribution in [0.3, 0.4) is 0 Å². The Morgan fingerprint density at radius 3 is 2.83 bits per heavy atom. The molecule has 0 aliphatic rings. The number of anilines is 2. The molecule has 7 nitrogen and oxygen atoms in total. The van der Waals surface area contributed by atoms with Crippen molar-refractivity contribution in [3.63, 3.8) is 0 Å². The Morgan fingerprint density at radius 2 is 2.22 bits per heavy atom. The third-order valence-electron chi connectivity index (χ3n) is 2.32. The fourth-order valence-corrected chi connectivity index (χ4v) is 1.44. The number of hydrogen-bond acceptors (Lipinski definition) is 6. The zero-order valence-electron chi connectivity index (χ0n) is 11.0. The average Bonchev–Trinajstić information content (AvgIpc) is 2.35. The molecule has 0 aromatic carbocycles. The van der Waals surface area contributed by atoms with E-state index in [0.717, 1.165) is 6.42 Å². The fraction of sp³-hybridized carbons (Fsp3) is 0.545. The standard InChI is InChI=1S/C11H20N6O/c1-4-5-13-11(18)7-17(3)10-6-9(16-12)14-8(2)15-10/h6H,4-5,7,12H2,1-3H3,(H,13,18)(H,14,15,16). The first-order valence-electron chi connectivity index (χ1n) is 5.87. The number of carbonyl (C=O) groups excluding carboxylic acids is 1. The number of nitrogens with zero attached hydrogens (tertiary/aromatic N) is 3. The van der Waals surface area contributed by atoms with Gasteiger partial charge in [0.2, 0.25) is 5.91 Å². The second-order valence-corrected chi connectivity index (χ2v) is 4.01. The minimum Gasteiger partial charge on any atom is -0.355 e. The van der Waals surface area contributed by atoms with Crippen LogP contribution in [-0.2, 0) is 4.79 Å². The van der Waals surface area contributed by atoms with Crippen molar-refractivity contribution in [2.45, 2.75) is 20.3 Å². The van der Waals surface area contributed by atoms with Crippen LogP contribution >= 0.6 is 0 Å². The molecule has 18 heavy (non-hydrogen) atoms. The minimum absolute atomic E-state index is 0.0297. The number of carbonyl (C=O) groups is 1. The van der Waals surface area contributed by atoms with Crippen LogP contribution in [0.1, 0.15) is 19.2 Å². The van der Waals surface area contributed by atoms with Crippen molar-refractivity contribution in [1.82, 2.24) is 15.3 Å². The number of hydrogen-bond donors (Lipinski definition) is 3. The van der Waals surface area contributed by atoms with E-state index in [1.54, 1.807) is 24.9 Å². The van der Waals surface area contributed by atoms with Crippen LogP contribution in [0.15, 0.2) is 6.07 Å². The molecular formula is C11H20N6O. The van der Waals surface area contributed by atoms with E-state index < -0.39 is 0 Å². The monoisotopic (exact) mass is 252 g/mol. The molecule has 0 saturated heterocycles. The van der Waals surface area contributed by atoms with Crippen molar-refractivity contribution in [1.29, 1.82) is 0 Å². The highest BCUT2D eigenvalue weighted by Gasteiger charge is 2.09. The van der Waals surface area contributed by atoms with Gasteiger partial charge in [-0.3, -0.25) is 4.79 Å². The van der Waals surface area contributed by atoms with Gasteiger partial charge in [-0.25, -0.2) is 15.8 Å². The molecule has 0 atom stereocenters. The molecule has 1 aromatic heterocycles. The van der Waals surface area contributed by atoms with Crippen LogP contribution in [-0.4, -0.2) is 36.0 Å². The van der Waals surface area contributed by atoms with Crippen LogP contribution in [0.4, 0.5) is 11.6 Å². The van der Waals surface area contributed by atoms with Gasteiger partial charge in [0.25, 0.3) is 0 Å². The molecule has 1 heterocycles. The Hall–Kier alpha value is -1.89. The van der Waals surface area contributed by atoms with Gasteiger partial charge in [-0.1, -0.05) is 6.92 Å². The Bertz CT molecular complexity index is 409. The maximum absolute atomic E-state index is 11.6. The van der Waals surface area contributed by atoms with E-state index in [1.165, 1.54) is 0 Å². The molecule has 1 aromatic rings. The summed E-state index contributed by atoms with van der Waals surface area (Å²) in [4.78, 5) is 21.7. The molecule has 0 aliphatic heterocycles. The maximum Gasteiger partial charge on any atom is 0.239 e. The summed E-state index contributed by atoms with van der Waals surface area (Å²) in [5.74, 6) is 7.07. The molecule has 0 spiro atoms. The van der Waals surface area contributed by atoms with E-state index in [1.807, 2.05) is 6.92 Å². The molecule has 7 heteroatoms. The van der Waals surface area contributed by atoms with Gasteiger partial charge in [0.15, 0.2) is 0 Å². The highest BCUT2D eigenvalue weighted by molar-refractivity contribution is 5.80. The number of aryl methyl sites for hydroxylation is 1. The summed E-state index contributed by atoms with van der Waals surface area (Å²) in [6.07, 6.45) is 0.920. The molecule has 0 saturated carbocycles. The predicted octanol–water partition coefficient (Wildman–Crippen LogP) is 0.0330. The van der Waals surface area contributed by atoms with Gasteiger partial charge >= 0.3 is 0 Å². The molecule has 0 bridgehead atoms. The highest BCUT2D eigenvalue weighted by Crippen LogP contribution is 2.13. The number of hydrazine groups is 1. The number of likely N-dealkylation sites (N-methyl/N-ethyl adjacent to an activating group) is 1. The Labute approximate surface area is 107 Å².